The topological polar surface area (TPSA) is 58.6 Å². The van der Waals surface area contributed by atoms with E-state index in [1.165, 1.54) is 0 Å². The van der Waals surface area contributed by atoms with E-state index in [1.54, 1.807) is 4.90 Å². The van der Waals surface area contributed by atoms with E-state index in [2.05, 4.69) is 5.32 Å². The number of hydrogen-bond acceptors (Lipinski definition) is 3. The van der Waals surface area contributed by atoms with Crippen molar-refractivity contribution in [3.05, 3.63) is 0 Å². The third-order valence-electron chi connectivity index (χ3n) is 3.89. The predicted octanol–water partition coefficient (Wildman–Crippen LogP) is 1.91. The maximum absolute atomic E-state index is 12.1. The van der Waals surface area contributed by atoms with E-state index < -0.39 is 5.60 Å². The molecule has 2 heterocycles. The molecule has 2 fully saturated rings. The summed E-state index contributed by atoms with van der Waals surface area (Å²) in [6, 6.07) is 0. The van der Waals surface area contributed by atoms with Gasteiger partial charge >= 0.3 is 6.09 Å². The van der Waals surface area contributed by atoms with Gasteiger partial charge in [-0.15, -0.1) is 0 Å². The molecule has 0 aliphatic carbocycles. The van der Waals surface area contributed by atoms with E-state index in [0.29, 0.717) is 13.0 Å². The molecule has 0 aromatic rings. The zero-order valence-corrected chi connectivity index (χ0v) is 12.1. The van der Waals surface area contributed by atoms with Gasteiger partial charge in [-0.1, -0.05) is 0 Å². The Kier molecular flexibility index (Phi) is 3.74. The number of nitrogens with one attached hydrogen (secondary N) is 1. The summed E-state index contributed by atoms with van der Waals surface area (Å²) in [5.41, 5.74) is -0.389. The minimum Gasteiger partial charge on any atom is -0.444 e. The maximum Gasteiger partial charge on any atom is 0.410 e. The second-order valence-electron chi connectivity index (χ2n) is 6.77. The van der Waals surface area contributed by atoms with Crippen molar-refractivity contribution in [2.24, 2.45) is 5.41 Å². The van der Waals surface area contributed by atoms with Gasteiger partial charge in [-0.2, -0.15) is 0 Å². The molecule has 5 heteroatoms. The standard InChI is InChI=1S/C14H24N2O3/c1-13(2,3)19-12(18)16-7-4-5-14(6-8-16)9-11(17)15-10-14/h4-10H2,1-3H3,(H,15,17). The van der Waals surface area contributed by atoms with Crippen LogP contribution in [0.3, 0.4) is 0 Å². The van der Waals surface area contributed by atoms with Crippen LogP contribution in [0.2, 0.25) is 0 Å². The Morgan fingerprint density at radius 1 is 1.32 bits per heavy atom. The molecule has 1 N–H and O–H groups in total. The summed E-state index contributed by atoms with van der Waals surface area (Å²) in [5.74, 6) is 0.144. The number of likely N-dealkylation sites (tertiary alicyclic amines) is 1. The molecule has 1 atom stereocenters. The smallest absolute Gasteiger partial charge is 0.410 e. The van der Waals surface area contributed by atoms with Crippen LogP contribution >= 0.6 is 0 Å². The Morgan fingerprint density at radius 3 is 2.63 bits per heavy atom. The number of carbonyl (C=O) groups is 2. The molecular weight excluding hydrogens is 244 g/mol. The highest BCUT2D eigenvalue weighted by molar-refractivity contribution is 5.79. The van der Waals surface area contributed by atoms with Crippen LogP contribution < -0.4 is 5.32 Å². The molecule has 2 saturated heterocycles. The lowest BCUT2D eigenvalue weighted by Gasteiger charge is -2.27. The summed E-state index contributed by atoms with van der Waals surface area (Å²) in [4.78, 5) is 25.3. The quantitative estimate of drug-likeness (QED) is 0.730. The zero-order chi connectivity index (χ0) is 14.1. The van der Waals surface area contributed by atoms with Crippen LogP contribution in [0.15, 0.2) is 0 Å². The Bertz CT molecular complexity index is 375. The SMILES string of the molecule is CC(C)(C)OC(=O)N1CCCC2(CC1)CNC(=O)C2. The Hall–Kier alpha value is -1.26. The average molecular weight is 268 g/mol. The number of rotatable bonds is 0. The van der Waals surface area contributed by atoms with E-state index >= 15 is 0 Å². The molecule has 0 aromatic carbocycles. The van der Waals surface area contributed by atoms with Gasteiger partial charge in [-0.3, -0.25) is 4.79 Å². The highest BCUT2D eigenvalue weighted by atomic mass is 16.6. The molecule has 2 aliphatic rings. The monoisotopic (exact) mass is 268 g/mol. The molecule has 5 nitrogen and oxygen atoms in total. The molecule has 19 heavy (non-hydrogen) atoms. The number of hydrogen-bond donors (Lipinski definition) is 1. The van der Waals surface area contributed by atoms with Gasteiger partial charge in [0.1, 0.15) is 5.60 Å². The summed E-state index contributed by atoms with van der Waals surface area (Å²) in [6.07, 6.45) is 3.20. The molecule has 1 unspecified atom stereocenters. The fourth-order valence-corrected chi connectivity index (χ4v) is 2.87. The summed E-state index contributed by atoms with van der Waals surface area (Å²) in [7, 11) is 0. The van der Waals surface area contributed by atoms with Crippen molar-refractivity contribution in [2.75, 3.05) is 19.6 Å². The zero-order valence-electron chi connectivity index (χ0n) is 12.1. The summed E-state index contributed by atoms with van der Waals surface area (Å²) < 4.78 is 5.41. The van der Waals surface area contributed by atoms with E-state index in [-0.39, 0.29) is 17.4 Å². The molecule has 0 aromatic heterocycles. The normalized spacial score (nSPS) is 28.2. The summed E-state index contributed by atoms with van der Waals surface area (Å²) in [6.45, 7) is 7.81. The van der Waals surface area contributed by atoms with Crippen molar-refractivity contribution in [2.45, 2.75) is 52.1 Å². The third-order valence-corrected chi connectivity index (χ3v) is 3.89. The highest BCUT2D eigenvalue weighted by Crippen LogP contribution is 2.37. The second kappa shape index (κ2) is 5.02. The first kappa shape index (κ1) is 14.2. The third kappa shape index (κ3) is 3.61. The molecule has 2 amide bonds. The second-order valence-corrected chi connectivity index (χ2v) is 6.77. The molecule has 0 saturated carbocycles. The van der Waals surface area contributed by atoms with Crippen LogP contribution in [-0.4, -0.2) is 42.1 Å². The lowest BCUT2D eigenvalue weighted by molar-refractivity contribution is -0.119. The lowest BCUT2D eigenvalue weighted by atomic mass is 9.80. The molecule has 1 spiro atoms. The van der Waals surface area contributed by atoms with Crippen molar-refractivity contribution in [3.63, 3.8) is 0 Å². The van der Waals surface area contributed by atoms with E-state index in [1.807, 2.05) is 20.8 Å². The van der Waals surface area contributed by atoms with Gasteiger partial charge in [0.25, 0.3) is 0 Å². The number of carbonyl (C=O) groups excluding carboxylic acids is 2. The average Bonchev–Trinajstić information content (AvgIpc) is 2.52. The van der Waals surface area contributed by atoms with Gasteiger partial charge in [0.15, 0.2) is 0 Å². The highest BCUT2D eigenvalue weighted by Gasteiger charge is 2.40. The minimum absolute atomic E-state index is 0.0633. The first-order valence-corrected chi connectivity index (χ1v) is 7.04. The minimum atomic E-state index is -0.452. The van der Waals surface area contributed by atoms with Crippen molar-refractivity contribution in [1.82, 2.24) is 10.2 Å². The van der Waals surface area contributed by atoms with Crippen molar-refractivity contribution < 1.29 is 14.3 Å². The molecule has 108 valence electrons. The lowest BCUT2D eigenvalue weighted by Crippen LogP contribution is -2.38. The molecular formula is C14H24N2O3. The van der Waals surface area contributed by atoms with Crippen LogP contribution in [0.5, 0.6) is 0 Å². The van der Waals surface area contributed by atoms with Crippen LogP contribution in [0, 0.1) is 5.41 Å². The largest absolute Gasteiger partial charge is 0.444 e. The van der Waals surface area contributed by atoms with Crippen LogP contribution in [0.4, 0.5) is 4.79 Å². The predicted molar refractivity (Wildman–Crippen MR) is 71.7 cm³/mol. The fraction of sp³-hybridized carbons (Fsp3) is 0.857. The number of nitrogens with zero attached hydrogens (tertiary/aromatic N) is 1. The van der Waals surface area contributed by atoms with Crippen LogP contribution in [-0.2, 0) is 9.53 Å². The van der Waals surface area contributed by atoms with Gasteiger partial charge in [-0.05, 0) is 45.4 Å². The maximum atomic E-state index is 12.1. The first-order chi connectivity index (χ1) is 8.80. The van der Waals surface area contributed by atoms with Crippen molar-refractivity contribution >= 4 is 12.0 Å². The van der Waals surface area contributed by atoms with E-state index in [0.717, 1.165) is 32.4 Å². The fourth-order valence-electron chi connectivity index (χ4n) is 2.87. The van der Waals surface area contributed by atoms with Crippen molar-refractivity contribution in [3.8, 4) is 0 Å². The summed E-state index contributed by atoms with van der Waals surface area (Å²) >= 11 is 0. The Labute approximate surface area is 114 Å². The van der Waals surface area contributed by atoms with Crippen LogP contribution in [0.1, 0.15) is 46.5 Å². The molecule has 0 bridgehead atoms. The molecule has 0 radical (unpaired) electrons. The van der Waals surface area contributed by atoms with Gasteiger partial charge in [0, 0.05) is 26.1 Å². The number of amides is 2. The first-order valence-electron chi connectivity index (χ1n) is 7.04. The van der Waals surface area contributed by atoms with E-state index in [9.17, 15) is 9.59 Å². The molecule has 2 rings (SSSR count). The van der Waals surface area contributed by atoms with Crippen molar-refractivity contribution in [1.29, 1.82) is 0 Å². The number of ether oxygens (including phenoxy) is 1. The van der Waals surface area contributed by atoms with E-state index in [4.69, 9.17) is 4.74 Å². The Balaban J connectivity index is 1.93. The van der Waals surface area contributed by atoms with Gasteiger partial charge in [0.2, 0.25) is 5.91 Å². The van der Waals surface area contributed by atoms with Gasteiger partial charge in [-0.25, -0.2) is 4.79 Å². The molecule has 2 aliphatic heterocycles. The Morgan fingerprint density at radius 2 is 2.05 bits per heavy atom. The summed E-state index contributed by atoms with van der Waals surface area (Å²) in [5, 5.41) is 2.92. The van der Waals surface area contributed by atoms with Crippen LogP contribution in [0.25, 0.3) is 0 Å². The van der Waals surface area contributed by atoms with Gasteiger partial charge < -0.3 is 15.0 Å². The van der Waals surface area contributed by atoms with Gasteiger partial charge in [0.05, 0.1) is 0 Å².